The number of rotatable bonds is 4. The molecule has 1 aliphatic rings. The number of nitrogens with zero attached hydrogens (tertiary/aromatic N) is 4. The molecule has 0 unspecified atom stereocenters. The quantitative estimate of drug-likeness (QED) is 0.415. The molecule has 9 heteroatoms. The van der Waals surface area contributed by atoms with Crippen molar-refractivity contribution in [3.63, 3.8) is 0 Å². The average molecular weight is 458 g/mol. The second-order valence-corrected chi connectivity index (χ2v) is 5.39. The van der Waals surface area contributed by atoms with Crippen LogP contribution in [0.5, 0.6) is 11.5 Å². The smallest absolute Gasteiger partial charge is 0.196 e. The van der Waals surface area contributed by atoms with Crippen molar-refractivity contribution in [3.05, 3.63) is 30.4 Å². The zero-order chi connectivity index (χ0) is 16.8. The van der Waals surface area contributed by atoms with E-state index in [1.54, 1.807) is 6.33 Å². The second-order valence-electron chi connectivity index (χ2n) is 5.39. The van der Waals surface area contributed by atoms with Crippen LogP contribution in [-0.4, -0.2) is 40.5 Å². The third-order valence-corrected chi connectivity index (χ3v) is 3.54. The molecular weight excluding hydrogens is 435 g/mol. The number of aryl methyl sites for hydroxylation is 1. The van der Waals surface area contributed by atoms with Crippen LogP contribution >= 0.6 is 24.0 Å². The van der Waals surface area contributed by atoms with E-state index in [4.69, 9.17) is 9.47 Å². The van der Waals surface area contributed by atoms with Gasteiger partial charge in [-0.3, -0.25) is 0 Å². The molecule has 2 heterocycles. The van der Waals surface area contributed by atoms with E-state index in [-0.39, 0.29) is 24.0 Å². The van der Waals surface area contributed by atoms with Gasteiger partial charge in [-0.2, -0.15) is 0 Å². The molecule has 1 aliphatic heterocycles. The molecule has 0 radical (unpaired) electrons. The average Bonchev–Trinajstić information content (AvgIpc) is 2.85. The van der Waals surface area contributed by atoms with Crippen LogP contribution in [0.4, 0.5) is 5.69 Å². The minimum Gasteiger partial charge on any atom is -0.490 e. The van der Waals surface area contributed by atoms with E-state index in [1.807, 2.05) is 36.7 Å². The first-order chi connectivity index (χ1) is 11.8. The van der Waals surface area contributed by atoms with Crippen molar-refractivity contribution in [1.29, 1.82) is 0 Å². The van der Waals surface area contributed by atoms with Crippen LogP contribution in [0, 0.1) is 0 Å². The number of hydrogen-bond acceptors (Lipinski definition) is 5. The van der Waals surface area contributed by atoms with Crippen LogP contribution in [0.15, 0.2) is 29.5 Å². The predicted molar refractivity (Wildman–Crippen MR) is 107 cm³/mol. The number of aromatic nitrogens is 3. The van der Waals surface area contributed by atoms with Crippen molar-refractivity contribution in [2.75, 3.05) is 25.1 Å². The lowest BCUT2D eigenvalue weighted by molar-refractivity contribution is 0.297. The molecule has 2 aromatic rings. The molecule has 0 saturated carbocycles. The summed E-state index contributed by atoms with van der Waals surface area (Å²) in [6, 6.07) is 5.79. The first kappa shape index (κ1) is 19.3. The van der Waals surface area contributed by atoms with Gasteiger partial charge in [0, 0.05) is 31.8 Å². The van der Waals surface area contributed by atoms with Crippen LogP contribution in [0.3, 0.4) is 0 Å². The van der Waals surface area contributed by atoms with Gasteiger partial charge in [0.05, 0.1) is 13.2 Å². The monoisotopic (exact) mass is 458 g/mol. The van der Waals surface area contributed by atoms with Gasteiger partial charge < -0.3 is 24.7 Å². The van der Waals surface area contributed by atoms with Crippen LogP contribution in [0.25, 0.3) is 0 Å². The van der Waals surface area contributed by atoms with Gasteiger partial charge in [-0.15, -0.1) is 34.2 Å². The Balaban J connectivity index is 0.00000225. The number of benzene rings is 1. The van der Waals surface area contributed by atoms with Crippen molar-refractivity contribution < 1.29 is 9.47 Å². The molecule has 136 valence electrons. The number of anilines is 1. The van der Waals surface area contributed by atoms with Gasteiger partial charge in [0.25, 0.3) is 0 Å². The Morgan fingerprint density at radius 1 is 1.28 bits per heavy atom. The SMILES string of the molecule is CCNC(=NCc1nncn1C)Nc1ccc2c(c1)OCCCO2.I. The first-order valence-electron chi connectivity index (χ1n) is 8.04. The molecule has 0 spiro atoms. The minimum atomic E-state index is 0. The number of ether oxygens (including phenoxy) is 2. The molecule has 1 aromatic carbocycles. The van der Waals surface area contributed by atoms with Crippen LogP contribution in [0.1, 0.15) is 19.2 Å². The number of guanidine groups is 1. The Kier molecular flexibility index (Phi) is 7.29. The number of nitrogens with one attached hydrogen (secondary N) is 2. The summed E-state index contributed by atoms with van der Waals surface area (Å²) in [7, 11) is 1.90. The Labute approximate surface area is 164 Å². The maximum atomic E-state index is 5.72. The van der Waals surface area contributed by atoms with E-state index in [1.165, 1.54) is 0 Å². The molecule has 3 rings (SSSR count). The van der Waals surface area contributed by atoms with Gasteiger partial charge in [0.2, 0.25) is 0 Å². The third kappa shape index (κ3) is 5.21. The molecule has 25 heavy (non-hydrogen) atoms. The minimum absolute atomic E-state index is 0. The number of halogens is 1. The summed E-state index contributed by atoms with van der Waals surface area (Å²) in [6.45, 7) is 4.57. The van der Waals surface area contributed by atoms with Crippen LogP contribution in [-0.2, 0) is 13.6 Å². The highest BCUT2D eigenvalue weighted by Crippen LogP contribution is 2.32. The van der Waals surface area contributed by atoms with Crippen molar-refractivity contribution in [1.82, 2.24) is 20.1 Å². The zero-order valence-corrected chi connectivity index (χ0v) is 16.7. The largest absolute Gasteiger partial charge is 0.490 e. The Morgan fingerprint density at radius 2 is 2.08 bits per heavy atom. The molecule has 0 bridgehead atoms. The second kappa shape index (κ2) is 9.44. The summed E-state index contributed by atoms with van der Waals surface area (Å²) in [6.07, 6.45) is 2.55. The van der Waals surface area contributed by atoms with E-state index in [2.05, 4.69) is 25.8 Å². The maximum Gasteiger partial charge on any atom is 0.196 e. The summed E-state index contributed by atoms with van der Waals surface area (Å²) in [4.78, 5) is 4.54. The summed E-state index contributed by atoms with van der Waals surface area (Å²) < 4.78 is 13.2. The molecule has 1 aromatic heterocycles. The Morgan fingerprint density at radius 3 is 2.80 bits per heavy atom. The number of hydrogen-bond donors (Lipinski definition) is 2. The standard InChI is InChI=1S/C16H22N6O2.HI/c1-3-17-16(18-10-15-21-19-11-22(15)2)20-12-5-6-13-14(9-12)24-8-4-7-23-13;/h5-6,9,11H,3-4,7-8,10H2,1-2H3,(H2,17,18,20);1H. The lowest BCUT2D eigenvalue weighted by Crippen LogP contribution is -2.30. The van der Waals surface area contributed by atoms with Gasteiger partial charge in [-0.25, -0.2) is 4.99 Å². The van der Waals surface area contributed by atoms with Crippen LogP contribution in [0.2, 0.25) is 0 Å². The van der Waals surface area contributed by atoms with Gasteiger partial charge in [0.1, 0.15) is 12.9 Å². The van der Waals surface area contributed by atoms with Gasteiger partial charge in [-0.05, 0) is 19.1 Å². The topological polar surface area (TPSA) is 85.6 Å². The molecule has 2 N–H and O–H groups in total. The lowest BCUT2D eigenvalue weighted by atomic mass is 10.3. The first-order valence-corrected chi connectivity index (χ1v) is 8.04. The van der Waals surface area contributed by atoms with Gasteiger partial charge in [0.15, 0.2) is 23.3 Å². The highest BCUT2D eigenvalue weighted by atomic mass is 127. The third-order valence-electron chi connectivity index (χ3n) is 3.54. The fourth-order valence-corrected chi connectivity index (χ4v) is 2.28. The Bertz CT molecular complexity index is 718. The molecule has 0 aliphatic carbocycles. The molecule has 0 saturated heterocycles. The molecule has 0 fully saturated rings. The molecule has 8 nitrogen and oxygen atoms in total. The van der Waals surface area contributed by atoms with E-state index >= 15 is 0 Å². The van der Waals surface area contributed by atoms with Crippen molar-refractivity contribution >= 4 is 35.6 Å². The van der Waals surface area contributed by atoms with Crippen molar-refractivity contribution in [3.8, 4) is 11.5 Å². The highest BCUT2D eigenvalue weighted by Gasteiger charge is 2.11. The fourth-order valence-electron chi connectivity index (χ4n) is 2.28. The van der Waals surface area contributed by atoms with Crippen LogP contribution < -0.4 is 20.1 Å². The number of aliphatic imine (C=N–C) groups is 1. The van der Waals surface area contributed by atoms with Crippen molar-refractivity contribution in [2.45, 2.75) is 19.9 Å². The van der Waals surface area contributed by atoms with E-state index in [0.717, 1.165) is 36.0 Å². The van der Waals surface area contributed by atoms with Crippen molar-refractivity contribution in [2.24, 2.45) is 12.0 Å². The molecule has 0 amide bonds. The zero-order valence-electron chi connectivity index (χ0n) is 14.4. The van der Waals surface area contributed by atoms with E-state index < -0.39 is 0 Å². The van der Waals surface area contributed by atoms with Gasteiger partial charge >= 0.3 is 0 Å². The van der Waals surface area contributed by atoms with E-state index in [0.29, 0.717) is 25.7 Å². The Hall–Kier alpha value is -2.04. The summed E-state index contributed by atoms with van der Waals surface area (Å²) in [5.74, 6) is 3.00. The molecular formula is C16H23IN6O2. The predicted octanol–water partition coefficient (Wildman–Crippen LogP) is 2.17. The highest BCUT2D eigenvalue weighted by molar-refractivity contribution is 14.0. The maximum absolute atomic E-state index is 5.72. The van der Waals surface area contributed by atoms with Gasteiger partial charge in [-0.1, -0.05) is 0 Å². The fraction of sp³-hybridized carbons (Fsp3) is 0.438. The summed E-state index contributed by atoms with van der Waals surface area (Å²) in [5, 5.41) is 14.4. The lowest BCUT2D eigenvalue weighted by Gasteiger charge is -2.13. The normalized spacial score (nSPS) is 13.6. The summed E-state index contributed by atoms with van der Waals surface area (Å²) >= 11 is 0. The number of fused-ring (bicyclic) bond motifs is 1. The van der Waals surface area contributed by atoms with E-state index in [9.17, 15) is 0 Å². The molecule has 0 atom stereocenters. The summed E-state index contributed by atoms with van der Waals surface area (Å²) in [5.41, 5.74) is 0.886.